The third kappa shape index (κ3) is 1.21. The van der Waals surface area contributed by atoms with Gasteiger partial charge < -0.3 is 9.68 Å². The fourth-order valence-corrected chi connectivity index (χ4v) is 1.21. The second-order valence-electron chi connectivity index (χ2n) is 2.55. The normalized spacial score (nSPS) is 12.8. The van der Waals surface area contributed by atoms with Crippen molar-refractivity contribution in [3.63, 3.8) is 0 Å². The molecular formula is C8H7BNO2. The maximum absolute atomic E-state index is 8.39. The van der Waals surface area contributed by atoms with Crippen molar-refractivity contribution < 1.29 is 9.68 Å². The van der Waals surface area contributed by atoms with Crippen LogP contribution in [0.3, 0.4) is 0 Å². The Balaban J connectivity index is 2.31. The standard InChI is InChI=1S/C8H7BNO2/c11-9-12-8-2-1-6-4-10-5-7(6)3-8/h1-3,5,11H,4H2. The van der Waals surface area contributed by atoms with Crippen molar-refractivity contribution >= 4 is 13.9 Å². The molecule has 1 N–H and O–H groups in total. The van der Waals surface area contributed by atoms with Crippen LogP contribution in [0, 0.1) is 0 Å². The molecule has 1 aromatic rings. The van der Waals surface area contributed by atoms with Gasteiger partial charge in [-0.05, 0) is 17.7 Å². The van der Waals surface area contributed by atoms with Crippen LogP contribution < -0.4 is 4.65 Å². The van der Waals surface area contributed by atoms with Crippen LogP contribution in [-0.2, 0) is 6.54 Å². The summed E-state index contributed by atoms with van der Waals surface area (Å²) in [6, 6.07) is 5.60. The van der Waals surface area contributed by atoms with Gasteiger partial charge in [-0.3, -0.25) is 4.99 Å². The SMILES string of the molecule is O[B]Oc1ccc2c(c1)C=NC2. The molecule has 0 aliphatic carbocycles. The first-order valence-electron chi connectivity index (χ1n) is 3.65. The quantitative estimate of drug-likeness (QED) is 0.640. The van der Waals surface area contributed by atoms with Crippen LogP contribution in [0.2, 0.25) is 0 Å². The van der Waals surface area contributed by atoms with Crippen LogP contribution in [0.25, 0.3) is 0 Å². The van der Waals surface area contributed by atoms with Gasteiger partial charge in [0.05, 0.1) is 6.54 Å². The zero-order valence-corrected chi connectivity index (χ0v) is 6.40. The highest BCUT2D eigenvalue weighted by Gasteiger charge is 2.06. The topological polar surface area (TPSA) is 41.8 Å². The average molecular weight is 160 g/mol. The third-order valence-corrected chi connectivity index (χ3v) is 1.80. The van der Waals surface area contributed by atoms with Crippen molar-refractivity contribution in [2.75, 3.05) is 0 Å². The van der Waals surface area contributed by atoms with Crippen LogP contribution >= 0.6 is 0 Å². The van der Waals surface area contributed by atoms with Crippen molar-refractivity contribution in [3.05, 3.63) is 29.3 Å². The van der Waals surface area contributed by atoms with Gasteiger partial charge in [0.25, 0.3) is 0 Å². The van der Waals surface area contributed by atoms with E-state index in [4.69, 9.17) is 9.68 Å². The number of rotatable bonds is 2. The zero-order chi connectivity index (χ0) is 8.39. The third-order valence-electron chi connectivity index (χ3n) is 1.80. The highest BCUT2D eigenvalue weighted by molar-refractivity contribution is 6.17. The summed E-state index contributed by atoms with van der Waals surface area (Å²) in [4.78, 5) is 4.10. The minimum Gasteiger partial charge on any atom is -0.537 e. The lowest BCUT2D eigenvalue weighted by Gasteiger charge is -2.02. The van der Waals surface area contributed by atoms with E-state index < -0.39 is 0 Å². The minimum absolute atomic E-state index is 0.629. The van der Waals surface area contributed by atoms with E-state index >= 15 is 0 Å². The van der Waals surface area contributed by atoms with Crippen LogP contribution in [0.1, 0.15) is 11.1 Å². The second-order valence-corrected chi connectivity index (χ2v) is 2.55. The first kappa shape index (κ1) is 7.37. The van der Waals surface area contributed by atoms with Gasteiger partial charge in [-0.2, -0.15) is 0 Å². The molecule has 0 saturated heterocycles. The van der Waals surface area contributed by atoms with Crippen LogP contribution in [0.4, 0.5) is 0 Å². The molecule has 1 heterocycles. The molecular weight excluding hydrogens is 153 g/mol. The molecule has 3 nitrogen and oxygen atoms in total. The number of hydrogen-bond donors (Lipinski definition) is 1. The fraction of sp³-hybridized carbons (Fsp3) is 0.125. The maximum atomic E-state index is 8.39. The molecule has 1 aliphatic heterocycles. The monoisotopic (exact) mass is 160 g/mol. The van der Waals surface area contributed by atoms with Crippen LogP contribution in [0.5, 0.6) is 5.75 Å². The highest BCUT2D eigenvalue weighted by atomic mass is 16.5. The van der Waals surface area contributed by atoms with E-state index in [9.17, 15) is 0 Å². The summed E-state index contributed by atoms with van der Waals surface area (Å²) >= 11 is 0. The molecule has 4 heteroatoms. The molecule has 0 aromatic heterocycles. The Morgan fingerprint density at radius 3 is 3.25 bits per heavy atom. The van der Waals surface area contributed by atoms with Gasteiger partial charge in [0, 0.05) is 11.8 Å². The summed E-state index contributed by atoms with van der Waals surface area (Å²) in [5.41, 5.74) is 2.26. The predicted molar refractivity (Wildman–Crippen MR) is 46.3 cm³/mol. The molecule has 1 aromatic carbocycles. The van der Waals surface area contributed by atoms with Crippen molar-refractivity contribution in [1.82, 2.24) is 0 Å². The Hall–Kier alpha value is -1.29. The van der Waals surface area contributed by atoms with Crippen molar-refractivity contribution in [2.24, 2.45) is 4.99 Å². The van der Waals surface area contributed by atoms with Gasteiger partial charge in [-0.1, -0.05) is 6.07 Å². The van der Waals surface area contributed by atoms with Gasteiger partial charge >= 0.3 is 7.69 Å². The van der Waals surface area contributed by atoms with Gasteiger partial charge in [0.2, 0.25) is 0 Å². The van der Waals surface area contributed by atoms with Crippen molar-refractivity contribution in [3.8, 4) is 5.75 Å². The van der Waals surface area contributed by atoms with E-state index in [2.05, 4.69) is 4.99 Å². The summed E-state index contributed by atoms with van der Waals surface area (Å²) in [5.74, 6) is 0.629. The largest absolute Gasteiger partial charge is 0.569 e. The lowest BCUT2D eigenvalue weighted by atomic mass is 10.1. The lowest BCUT2D eigenvalue weighted by molar-refractivity contribution is 0.453. The minimum atomic E-state index is 0.629. The highest BCUT2D eigenvalue weighted by Crippen LogP contribution is 2.20. The molecule has 0 unspecified atom stereocenters. The number of benzene rings is 1. The smallest absolute Gasteiger partial charge is 0.537 e. The summed E-state index contributed by atoms with van der Waals surface area (Å²) in [6.07, 6.45) is 1.81. The summed E-state index contributed by atoms with van der Waals surface area (Å²) in [5, 5.41) is 8.39. The van der Waals surface area contributed by atoms with Gasteiger partial charge in [0.1, 0.15) is 5.75 Å². The Morgan fingerprint density at radius 1 is 1.50 bits per heavy atom. The average Bonchev–Trinajstić information content (AvgIpc) is 2.51. The van der Waals surface area contributed by atoms with E-state index in [1.807, 2.05) is 12.1 Å². The fourth-order valence-electron chi connectivity index (χ4n) is 1.21. The van der Waals surface area contributed by atoms with Crippen molar-refractivity contribution in [1.29, 1.82) is 0 Å². The number of hydrogen-bond acceptors (Lipinski definition) is 3. The molecule has 0 atom stereocenters. The molecule has 0 amide bonds. The summed E-state index contributed by atoms with van der Waals surface area (Å²) in [7, 11) is 0.674. The Bertz CT molecular complexity index is 325. The van der Waals surface area contributed by atoms with E-state index in [1.54, 1.807) is 12.3 Å². The molecule has 0 spiro atoms. The van der Waals surface area contributed by atoms with E-state index in [0.717, 1.165) is 12.1 Å². The first-order chi connectivity index (χ1) is 5.90. The number of aliphatic imine (C=N–C) groups is 1. The van der Waals surface area contributed by atoms with Gasteiger partial charge in [0.15, 0.2) is 0 Å². The predicted octanol–water partition coefficient (Wildman–Crippen LogP) is 0.524. The van der Waals surface area contributed by atoms with Crippen molar-refractivity contribution in [2.45, 2.75) is 6.54 Å². The van der Waals surface area contributed by atoms with E-state index in [-0.39, 0.29) is 0 Å². The first-order valence-corrected chi connectivity index (χ1v) is 3.65. The van der Waals surface area contributed by atoms with Crippen LogP contribution in [0.15, 0.2) is 23.2 Å². The molecule has 2 rings (SSSR count). The van der Waals surface area contributed by atoms with E-state index in [0.29, 0.717) is 13.4 Å². The van der Waals surface area contributed by atoms with E-state index in [1.165, 1.54) is 5.56 Å². The molecule has 1 radical (unpaired) electrons. The lowest BCUT2D eigenvalue weighted by Crippen LogP contribution is -2.00. The molecule has 1 aliphatic rings. The molecule has 59 valence electrons. The Labute approximate surface area is 71.0 Å². The summed E-state index contributed by atoms with van der Waals surface area (Å²) < 4.78 is 4.80. The molecule has 0 bridgehead atoms. The Kier molecular flexibility index (Phi) is 1.83. The molecule has 0 saturated carbocycles. The Morgan fingerprint density at radius 2 is 2.42 bits per heavy atom. The summed E-state index contributed by atoms with van der Waals surface area (Å²) in [6.45, 7) is 0.748. The maximum Gasteiger partial charge on any atom is 0.569 e. The van der Waals surface area contributed by atoms with Gasteiger partial charge in [-0.25, -0.2) is 0 Å². The second kappa shape index (κ2) is 2.99. The number of fused-ring (bicyclic) bond motifs is 1. The zero-order valence-electron chi connectivity index (χ0n) is 6.40. The molecule has 12 heavy (non-hydrogen) atoms. The molecule has 0 fully saturated rings. The van der Waals surface area contributed by atoms with Gasteiger partial charge in [-0.15, -0.1) is 0 Å². The van der Waals surface area contributed by atoms with Crippen LogP contribution in [-0.4, -0.2) is 18.9 Å². The number of nitrogens with zero attached hydrogens (tertiary/aromatic N) is 1.